The third-order valence-corrected chi connectivity index (χ3v) is 4.49. The Morgan fingerprint density at radius 1 is 1.00 bits per heavy atom. The molecular weight excluding hydrogens is 322 g/mol. The van der Waals surface area contributed by atoms with Crippen LogP contribution in [-0.2, 0) is 11.2 Å². The highest BCUT2D eigenvalue weighted by atomic mass is 32.1. The Kier molecular flexibility index (Phi) is 5.18. The molecule has 0 radical (unpaired) electrons. The summed E-state index contributed by atoms with van der Waals surface area (Å²) in [5.41, 5.74) is 5.86. The van der Waals surface area contributed by atoms with Gasteiger partial charge in [-0.1, -0.05) is 30.3 Å². The van der Waals surface area contributed by atoms with Crippen molar-refractivity contribution in [3.63, 3.8) is 0 Å². The largest absolute Gasteiger partial charge is 0.288 e. The van der Waals surface area contributed by atoms with Crippen LogP contribution in [0.3, 0.4) is 0 Å². The maximum Gasteiger partial charge on any atom is 0.288 e. The van der Waals surface area contributed by atoms with E-state index in [9.17, 15) is 9.59 Å². The summed E-state index contributed by atoms with van der Waals surface area (Å²) in [4.78, 5) is 29.4. The smallest absolute Gasteiger partial charge is 0.273 e. The molecule has 0 aliphatic heterocycles. The number of hydrogen-bond donors (Lipinski definition) is 2. The second kappa shape index (κ2) is 7.70. The van der Waals surface area contributed by atoms with Gasteiger partial charge in [-0.05, 0) is 36.4 Å². The van der Waals surface area contributed by atoms with Gasteiger partial charge in [0.15, 0.2) is 0 Å². The number of hydrogen-bond acceptors (Lipinski definition) is 4. The van der Waals surface area contributed by atoms with Gasteiger partial charge in [0.05, 0.1) is 5.52 Å². The van der Waals surface area contributed by atoms with Crippen molar-refractivity contribution in [3.05, 3.63) is 64.5 Å². The van der Waals surface area contributed by atoms with Crippen molar-refractivity contribution in [1.29, 1.82) is 0 Å². The molecule has 2 aromatic heterocycles. The third-order valence-electron chi connectivity index (χ3n) is 3.55. The van der Waals surface area contributed by atoms with Crippen LogP contribution in [0.5, 0.6) is 0 Å². The molecule has 0 atom stereocenters. The van der Waals surface area contributed by atoms with E-state index in [1.54, 1.807) is 17.4 Å². The van der Waals surface area contributed by atoms with Gasteiger partial charge in [-0.3, -0.25) is 20.4 Å². The van der Waals surface area contributed by atoms with Crippen molar-refractivity contribution in [3.8, 4) is 0 Å². The van der Waals surface area contributed by atoms with Crippen molar-refractivity contribution in [2.75, 3.05) is 0 Å². The molecule has 2 N–H and O–H groups in total. The van der Waals surface area contributed by atoms with E-state index in [4.69, 9.17) is 0 Å². The summed E-state index contributed by atoms with van der Waals surface area (Å²) in [6.07, 6.45) is 1.98. The average Bonchev–Trinajstić information content (AvgIpc) is 3.12. The van der Waals surface area contributed by atoms with Crippen LogP contribution < -0.4 is 10.9 Å². The molecule has 0 aliphatic carbocycles. The normalized spacial score (nSPS) is 10.5. The van der Waals surface area contributed by atoms with E-state index in [1.807, 2.05) is 41.8 Å². The summed E-state index contributed by atoms with van der Waals surface area (Å²) < 4.78 is 0. The van der Waals surface area contributed by atoms with Crippen molar-refractivity contribution in [1.82, 2.24) is 15.8 Å². The first-order valence-electron chi connectivity index (χ1n) is 7.70. The molecule has 3 aromatic rings. The minimum absolute atomic E-state index is 0.208. The molecule has 3 rings (SSSR count). The first-order valence-corrected chi connectivity index (χ1v) is 8.58. The molecule has 24 heavy (non-hydrogen) atoms. The molecule has 0 saturated heterocycles. The number of thiophene rings is 1. The van der Waals surface area contributed by atoms with E-state index in [0.717, 1.165) is 23.7 Å². The fourth-order valence-corrected chi connectivity index (χ4v) is 3.07. The Bertz CT molecular complexity index is 846. The number of hydrazine groups is 1. The second-order valence-electron chi connectivity index (χ2n) is 5.32. The summed E-state index contributed by atoms with van der Waals surface area (Å²) in [6, 6.07) is 15.1. The number of carbonyl (C=O) groups is 2. The SMILES string of the molecule is O=C(CCCc1cccs1)NNC(=O)c1ccc2ccccc2n1. The quantitative estimate of drug-likeness (QED) is 0.702. The van der Waals surface area contributed by atoms with E-state index in [2.05, 4.69) is 21.9 Å². The van der Waals surface area contributed by atoms with Gasteiger partial charge in [-0.2, -0.15) is 0 Å². The summed E-state index contributed by atoms with van der Waals surface area (Å²) in [5.74, 6) is -0.631. The Balaban J connectivity index is 1.48. The summed E-state index contributed by atoms with van der Waals surface area (Å²) >= 11 is 1.68. The summed E-state index contributed by atoms with van der Waals surface area (Å²) in [6.45, 7) is 0. The molecule has 2 heterocycles. The van der Waals surface area contributed by atoms with Crippen LogP contribution in [0.2, 0.25) is 0 Å². The zero-order valence-corrected chi connectivity index (χ0v) is 13.8. The van der Waals surface area contributed by atoms with Gasteiger partial charge < -0.3 is 0 Å². The Labute approximate surface area is 143 Å². The lowest BCUT2D eigenvalue weighted by atomic mass is 10.2. The molecular formula is C18H17N3O2S. The molecule has 6 heteroatoms. The number of amides is 2. The number of fused-ring (bicyclic) bond motifs is 1. The Hall–Kier alpha value is -2.73. The molecule has 0 saturated carbocycles. The first kappa shape index (κ1) is 16.1. The molecule has 5 nitrogen and oxygen atoms in total. The van der Waals surface area contributed by atoms with Crippen LogP contribution in [0.15, 0.2) is 53.9 Å². The van der Waals surface area contributed by atoms with Gasteiger partial charge in [0.2, 0.25) is 5.91 Å². The maximum atomic E-state index is 12.1. The Morgan fingerprint density at radius 3 is 2.71 bits per heavy atom. The molecule has 0 spiro atoms. The number of nitrogens with zero attached hydrogens (tertiary/aromatic N) is 1. The number of carbonyl (C=O) groups excluding carboxylic acids is 2. The van der Waals surface area contributed by atoms with E-state index >= 15 is 0 Å². The third kappa shape index (κ3) is 4.17. The topological polar surface area (TPSA) is 71.1 Å². The number of pyridine rings is 1. The monoisotopic (exact) mass is 339 g/mol. The molecule has 0 aliphatic rings. The van der Waals surface area contributed by atoms with Crippen LogP contribution >= 0.6 is 11.3 Å². The van der Waals surface area contributed by atoms with Crippen LogP contribution in [0.25, 0.3) is 10.9 Å². The highest BCUT2D eigenvalue weighted by Crippen LogP contribution is 2.12. The van der Waals surface area contributed by atoms with Crippen molar-refractivity contribution < 1.29 is 9.59 Å². The van der Waals surface area contributed by atoms with E-state index in [1.165, 1.54) is 4.88 Å². The number of para-hydroxylation sites is 1. The number of benzene rings is 1. The van der Waals surface area contributed by atoms with Crippen molar-refractivity contribution >= 4 is 34.1 Å². The lowest BCUT2D eigenvalue weighted by Gasteiger charge is -2.07. The number of aromatic nitrogens is 1. The van der Waals surface area contributed by atoms with Crippen LogP contribution in [-0.4, -0.2) is 16.8 Å². The zero-order valence-electron chi connectivity index (χ0n) is 13.0. The van der Waals surface area contributed by atoms with E-state index < -0.39 is 5.91 Å². The van der Waals surface area contributed by atoms with E-state index in [-0.39, 0.29) is 11.6 Å². The van der Waals surface area contributed by atoms with Gasteiger partial charge >= 0.3 is 0 Å². The molecule has 2 amide bonds. The number of nitrogens with one attached hydrogen (secondary N) is 2. The lowest BCUT2D eigenvalue weighted by Crippen LogP contribution is -2.41. The predicted octanol–water partition coefficient (Wildman–Crippen LogP) is 3.08. The van der Waals surface area contributed by atoms with Crippen molar-refractivity contribution in [2.45, 2.75) is 19.3 Å². The average molecular weight is 339 g/mol. The fraction of sp³-hybridized carbons (Fsp3) is 0.167. The highest BCUT2D eigenvalue weighted by Gasteiger charge is 2.09. The fourth-order valence-electron chi connectivity index (χ4n) is 2.32. The Morgan fingerprint density at radius 2 is 1.88 bits per heavy atom. The summed E-state index contributed by atoms with van der Waals surface area (Å²) in [7, 11) is 0. The number of aryl methyl sites for hydroxylation is 1. The first-order chi connectivity index (χ1) is 11.7. The van der Waals surface area contributed by atoms with Crippen LogP contribution in [0.4, 0.5) is 0 Å². The number of rotatable bonds is 5. The molecule has 1 aromatic carbocycles. The minimum Gasteiger partial charge on any atom is -0.273 e. The maximum absolute atomic E-state index is 12.1. The van der Waals surface area contributed by atoms with Gasteiger partial charge in [0.1, 0.15) is 5.69 Å². The van der Waals surface area contributed by atoms with Crippen LogP contribution in [0, 0.1) is 0 Å². The summed E-state index contributed by atoms with van der Waals surface area (Å²) in [5, 5.41) is 2.98. The molecule has 0 unspecified atom stereocenters. The molecule has 0 bridgehead atoms. The van der Waals surface area contributed by atoms with Gasteiger partial charge in [-0.15, -0.1) is 11.3 Å². The van der Waals surface area contributed by atoms with Gasteiger partial charge in [-0.25, -0.2) is 4.98 Å². The van der Waals surface area contributed by atoms with Gasteiger partial charge in [0.25, 0.3) is 5.91 Å². The highest BCUT2D eigenvalue weighted by molar-refractivity contribution is 7.09. The predicted molar refractivity (Wildman–Crippen MR) is 94.6 cm³/mol. The van der Waals surface area contributed by atoms with Crippen molar-refractivity contribution in [2.24, 2.45) is 0 Å². The molecule has 122 valence electrons. The van der Waals surface area contributed by atoms with E-state index in [0.29, 0.717) is 6.42 Å². The van der Waals surface area contributed by atoms with Gasteiger partial charge in [0, 0.05) is 16.7 Å². The second-order valence-corrected chi connectivity index (χ2v) is 6.36. The zero-order chi connectivity index (χ0) is 16.8. The lowest BCUT2D eigenvalue weighted by molar-refractivity contribution is -0.121. The molecule has 0 fully saturated rings. The standard InChI is InChI=1S/C18H17N3O2S/c22-17(9-3-6-14-7-4-12-24-14)20-21-18(23)16-11-10-13-5-1-2-8-15(13)19-16/h1-2,4-5,7-8,10-12H,3,6,9H2,(H,20,22)(H,21,23). The minimum atomic E-state index is -0.424. The van der Waals surface area contributed by atoms with Crippen LogP contribution in [0.1, 0.15) is 28.2 Å².